The second-order valence-electron chi connectivity index (χ2n) is 6.04. The lowest BCUT2D eigenvalue weighted by molar-refractivity contribution is -0.143. The van der Waals surface area contributed by atoms with Crippen LogP contribution >= 0.6 is 11.6 Å². The summed E-state index contributed by atoms with van der Waals surface area (Å²) in [7, 11) is 0. The Labute approximate surface area is 166 Å². The van der Waals surface area contributed by atoms with Gasteiger partial charge in [0.25, 0.3) is 5.91 Å². The van der Waals surface area contributed by atoms with Crippen LogP contribution in [0.2, 0.25) is 5.02 Å². The van der Waals surface area contributed by atoms with Crippen molar-refractivity contribution in [2.75, 3.05) is 6.61 Å². The van der Waals surface area contributed by atoms with Crippen LogP contribution < -0.4 is 10.9 Å². The molecule has 1 atom stereocenters. The number of rotatable bonds is 6. The molecule has 1 unspecified atom stereocenters. The first-order chi connectivity index (χ1) is 13.5. The molecule has 0 aliphatic rings. The van der Waals surface area contributed by atoms with Gasteiger partial charge >= 0.3 is 11.6 Å². The summed E-state index contributed by atoms with van der Waals surface area (Å²) in [5, 5.41) is 3.71. The summed E-state index contributed by atoms with van der Waals surface area (Å²) in [6, 6.07) is 14.4. The molecule has 6 nitrogen and oxygen atoms in total. The maximum Gasteiger partial charge on any atom is 0.349 e. The minimum absolute atomic E-state index is 0.123. The molecule has 28 heavy (non-hydrogen) atoms. The number of benzene rings is 2. The summed E-state index contributed by atoms with van der Waals surface area (Å²) >= 11 is 6.23. The summed E-state index contributed by atoms with van der Waals surface area (Å²) in [5.41, 5.74) is 0.0267. The highest BCUT2D eigenvalue weighted by molar-refractivity contribution is 6.31. The topological polar surface area (TPSA) is 85.6 Å². The van der Waals surface area contributed by atoms with E-state index < -0.39 is 23.5 Å². The number of halogens is 1. The second kappa shape index (κ2) is 8.71. The van der Waals surface area contributed by atoms with E-state index in [0.29, 0.717) is 21.6 Å². The zero-order valence-electron chi connectivity index (χ0n) is 15.1. The number of para-hydroxylation sites is 1. The highest BCUT2D eigenvalue weighted by Crippen LogP contribution is 2.26. The van der Waals surface area contributed by atoms with Crippen molar-refractivity contribution in [3.63, 3.8) is 0 Å². The second-order valence-corrected chi connectivity index (χ2v) is 6.45. The highest BCUT2D eigenvalue weighted by atomic mass is 35.5. The first kappa shape index (κ1) is 19.6. The fourth-order valence-electron chi connectivity index (χ4n) is 2.84. The van der Waals surface area contributed by atoms with E-state index >= 15 is 0 Å². The number of nitrogens with one attached hydrogen (secondary N) is 1. The number of esters is 1. The first-order valence-electron chi connectivity index (χ1n) is 8.73. The molecule has 3 rings (SSSR count). The molecule has 3 aromatic rings. The molecule has 0 spiro atoms. The van der Waals surface area contributed by atoms with Gasteiger partial charge in [-0.1, -0.05) is 48.0 Å². The van der Waals surface area contributed by atoms with Crippen molar-refractivity contribution < 1.29 is 18.7 Å². The molecule has 0 saturated carbocycles. The minimum atomic E-state index is -0.759. The Morgan fingerprint density at radius 1 is 1.14 bits per heavy atom. The van der Waals surface area contributed by atoms with Crippen molar-refractivity contribution in [3.05, 3.63) is 81.2 Å². The van der Waals surface area contributed by atoms with Crippen molar-refractivity contribution in [1.29, 1.82) is 0 Å². The molecule has 0 saturated heterocycles. The zero-order chi connectivity index (χ0) is 20.1. The standard InChI is InChI=1S/C21H18ClNO5/c1-2-27-19(24)12-17(14-8-4-5-9-16(14)22)23-20(25)15-11-13-7-3-6-10-18(13)28-21(15)26/h3-11,17H,2,12H2,1H3,(H,23,25). The van der Waals surface area contributed by atoms with E-state index in [1.165, 1.54) is 6.07 Å². The largest absolute Gasteiger partial charge is 0.466 e. The molecule has 1 aromatic heterocycles. The molecule has 1 heterocycles. The Hall–Kier alpha value is -3.12. The van der Waals surface area contributed by atoms with Gasteiger partial charge < -0.3 is 14.5 Å². The van der Waals surface area contributed by atoms with Gasteiger partial charge in [-0.05, 0) is 30.7 Å². The van der Waals surface area contributed by atoms with Crippen LogP contribution in [-0.4, -0.2) is 18.5 Å². The molecule has 144 valence electrons. The van der Waals surface area contributed by atoms with Gasteiger partial charge in [-0.15, -0.1) is 0 Å². The lowest BCUT2D eigenvalue weighted by Gasteiger charge is -2.19. The van der Waals surface area contributed by atoms with Crippen LogP contribution in [0.3, 0.4) is 0 Å². The van der Waals surface area contributed by atoms with Gasteiger partial charge in [-0.3, -0.25) is 9.59 Å². The zero-order valence-corrected chi connectivity index (χ0v) is 15.9. The molecule has 2 aromatic carbocycles. The predicted octanol–water partition coefficient (Wildman–Crippen LogP) is 3.87. The maximum atomic E-state index is 12.8. The maximum absolute atomic E-state index is 12.8. The Kier molecular flexibility index (Phi) is 6.11. The summed E-state index contributed by atoms with van der Waals surface area (Å²) in [6.45, 7) is 1.91. The molecule has 7 heteroatoms. The molecule has 0 aliphatic heterocycles. The number of ether oxygens (including phenoxy) is 1. The summed E-state index contributed by atoms with van der Waals surface area (Å²) in [6.07, 6.45) is -0.123. The van der Waals surface area contributed by atoms with Crippen molar-refractivity contribution in [2.24, 2.45) is 0 Å². The Bertz CT molecular complexity index is 1080. The van der Waals surface area contributed by atoms with E-state index in [1.54, 1.807) is 55.5 Å². The van der Waals surface area contributed by atoms with Crippen LogP contribution in [0.4, 0.5) is 0 Å². The van der Waals surface area contributed by atoms with Gasteiger partial charge in [0, 0.05) is 10.4 Å². The Morgan fingerprint density at radius 3 is 2.61 bits per heavy atom. The highest BCUT2D eigenvalue weighted by Gasteiger charge is 2.23. The monoisotopic (exact) mass is 399 g/mol. The molecular formula is C21H18ClNO5. The molecule has 0 aliphatic carbocycles. The first-order valence-corrected chi connectivity index (χ1v) is 9.11. The average Bonchev–Trinajstić information content (AvgIpc) is 2.67. The summed E-state index contributed by atoms with van der Waals surface area (Å²) in [4.78, 5) is 37.0. The van der Waals surface area contributed by atoms with E-state index in [0.717, 1.165) is 0 Å². The van der Waals surface area contributed by atoms with Gasteiger partial charge in [0.15, 0.2) is 0 Å². The lowest BCUT2D eigenvalue weighted by atomic mass is 10.0. The summed E-state index contributed by atoms with van der Waals surface area (Å²) < 4.78 is 10.2. The molecule has 0 fully saturated rings. The van der Waals surface area contributed by atoms with Gasteiger partial charge in [-0.25, -0.2) is 4.79 Å². The molecule has 1 amide bonds. The Balaban J connectivity index is 1.93. The predicted molar refractivity (Wildman–Crippen MR) is 105 cm³/mol. The quantitative estimate of drug-likeness (QED) is 0.502. The van der Waals surface area contributed by atoms with E-state index in [4.69, 9.17) is 20.8 Å². The van der Waals surface area contributed by atoms with Crippen molar-refractivity contribution >= 4 is 34.4 Å². The van der Waals surface area contributed by atoms with Crippen molar-refractivity contribution in [2.45, 2.75) is 19.4 Å². The number of amides is 1. The van der Waals surface area contributed by atoms with E-state index in [9.17, 15) is 14.4 Å². The SMILES string of the molecule is CCOC(=O)CC(NC(=O)c1cc2ccccc2oc1=O)c1ccccc1Cl. The molecule has 1 N–H and O–H groups in total. The summed E-state index contributed by atoms with van der Waals surface area (Å²) in [5.74, 6) is -1.15. The van der Waals surface area contributed by atoms with Gasteiger partial charge in [0.1, 0.15) is 11.1 Å². The molecule has 0 bridgehead atoms. The molecule has 0 radical (unpaired) electrons. The van der Waals surface area contributed by atoms with Gasteiger partial charge in [-0.2, -0.15) is 0 Å². The van der Waals surface area contributed by atoms with Crippen LogP contribution in [0.5, 0.6) is 0 Å². The normalized spacial score (nSPS) is 11.8. The number of carbonyl (C=O) groups excluding carboxylic acids is 2. The number of hydrogen-bond donors (Lipinski definition) is 1. The average molecular weight is 400 g/mol. The molecular weight excluding hydrogens is 382 g/mol. The number of fused-ring (bicyclic) bond motifs is 1. The van der Waals surface area contributed by atoms with Crippen LogP contribution in [-0.2, 0) is 9.53 Å². The number of carbonyl (C=O) groups is 2. The van der Waals surface area contributed by atoms with Crippen LogP contribution in [0, 0.1) is 0 Å². The van der Waals surface area contributed by atoms with Crippen LogP contribution in [0.15, 0.2) is 63.8 Å². The fraction of sp³-hybridized carbons (Fsp3) is 0.190. The van der Waals surface area contributed by atoms with Gasteiger partial charge in [0.05, 0.1) is 19.1 Å². The van der Waals surface area contributed by atoms with Gasteiger partial charge in [0.2, 0.25) is 0 Å². The van der Waals surface area contributed by atoms with E-state index in [2.05, 4.69) is 5.32 Å². The minimum Gasteiger partial charge on any atom is -0.466 e. The van der Waals surface area contributed by atoms with Crippen molar-refractivity contribution in [3.8, 4) is 0 Å². The third-order valence-corrected chi connectivity index (χ3v) is 4.49. The third kappa shape index (κ3) is 4.40. The lowest BCUT2D eigenvalue weighted by Crippen LogP contribution is -2.33. The third-order valence-electron chi connectivity index (χ3n) is 4.15. The Morgan fingerprint density at radius 2 is 1.86 bits per heavy atom. The smallest absolute Gasteiger partial charge is 0.349 e. The van der Waals surface area contributed by atoms with Crippen LogP contribution in [0.25, 0.3) is 11.0 Å². The van der Waals surface area contributed by atoms with E-state index in [1.807, 2.05) is 0 Å². The fourth-order valence-corrected chi connectivity index (χ4v) is 3.11. The van der Waals surface area contributed by atoms with E-state index in [-0.39, 0.29) is 18.6 Å². The number of hydrogen-bond acceptors (Lipinski definition) is 5. The van der Waals surface area contributed by atoms with Crippen molar-refractivity contribution in [1.82, 2.24) is 5.32 Å². The van der Waals surface area contributed by atoms with Crippen LogP contribution in [0.1, 0.15) is 35.3 Å².